The predicted octanol–water partition coefficient (Wildman–Crippen LogP) is 3.29. The molecular formula is C13H17ClN2O2. The third-order valence-corrected chi connectivity index (χ3v) is 3.15. The first-order valence-electron chi connectivity index (χ1n) is 5.98. The zero-order valence-corrected chi connectivity index (χ0v) is 11.3. The quantitative estimate of drug-likeness (QED) is 0.911. The van der Waals surface area contributed by atoms with Crippen molar-refractivity contribution in [3.63, 3.8) is 0 Å². The molecule has 0 aliphatic carbocycles. The molecule has 18 heavy (non-hydrogen) atoms. The average molecular weight is 269 g/mol. The van der Waals surface area contributed by atoms with Crippen LogP contribution < -0.4 is 5.32 Å². The lowest BCUT2D eigenvalue weighted by Crippen LogP contribution is -2.25. The summed E-state index contributed by atoms with van der Waals surface area (Å²) in [6, 6.07) is 5.44. The highest BCUT2D eigenvalue weighted by atomic mass is 35.5. The van der Waals surface area contributed by atoms with Gasteiger partial charge in [-0.15, -0.1) is 0 Å². The molecule has 0 saturated carbocycles. The smallest absolute Gasteiger partial charge is 0.412 e. The summed E-state index contributed by atoms with van der Waals surface area (Å²) in [7, 11) is 4.05. The van der Waals surface area contributed by atoms with Gasteiger partial charge in [-0.2, -0.15) is 0 Å². The fraction of sp³-hybridized carbons (Fsp3) is 0.462. The summed E-state index contributed by atoms with van der Waals surface area (Å²) in [5.41, 5.74) is 1.76. The molecule has 1 unspecified atom stereocenters. The zero-order chi connectivity index (χ0) is 13.1. The van der Waals surface area contributed by atoms with E-state index in [1.165, 1.54) is 0 Å². The molecule has 1 aliphatic rings. The minimum Gasteiger partial charge on any atom is -0.441 e. The number of cyclic esters (lactones) is 1. The van der Waals surface area contributed by atoms with Crippen molar-refractivity contribution in [2.45, 2.75) is 18.9 Å². The molecule has 1 atom stereocenters. The van der Waals surface area contributed by atoms with Crippen LogP contribution in [0.3, 0.4) is 0 Å². The molecule has 0 bridgehead atoms. The number of nitrogens with one attached hydrogen (secondary N) is 1. The van der Waals surface area contributed by atoms with Gasteiger partial charge in [0.05, 0.1) is 5.69 Å². The van der Waals surface area contributed by atoms with Crippen LogP contribution in [-0.2, 0) is 4.74 Å². The van der Waals surface area contributed by atoms with Gasteiger partial charge in [-0.25, -0.2) is 4.79 Å². The summed E-state index contributed by atoms with van der Waals surface area (Å²) in [6.07, 6.45) is 1.18. The van der Waals surface area contributed by atoms with Crippen LogP contribution in [0.4, 0.5) is 10.5 Å². The Hall–Kier alpha value is -1.26. The van der Waals surface area contributed by atoms with Gasteiger partial charge >= 0.3 is 6.09 Å². The Kier molecular flexibility index (Phi) is 4.09. The number of benzene rings is 1. The van der Waals surface area contributed by atoms with Gasteiger partial charge in [0, 0.05) is 10.6 Å². The third-order valence-electron chi connectivity index (χ3n) is 2.92. The SMILES string of the molecule is CN(C)CCCC1OC(=O)Nc2ccc(Cl)cc21. The lowest BCUT2D eigenvalue weighted by atomic mass is 10.0. The van der Waals surface area contributed by atoms with E-state index in [2.05, 4.69) is 10.2 Å². The summed E-state index contributed by atoms with van der Waals surface area (Å²) < 4.78 is 5.32. The van der Waals surface area contributed by atoms with Crippen molar-refractivity contribution in [1.29, 1.82) is 0 Å². The van der Waals surface area contributed by atoms with Crippen molar-refractivity contribution in [1.82, 2.24) is 4.90 Å². The normalized spacial score (nSPS) is 18.2. The number of fused-ring (bicyclic) bond motifs is 1. The van der Waals surface area contributed by atoms with Gasteiger partial charge in [-0.05, 0) is 51.7 Å². The van der Waals surface area contributed by atoms with Gasteiger partial charge in [0.25, 0.3) is 0 Å². The summed E-state index contributed by atoms with van der Waals surface area (Å²) in [5.74, 6) is 0. The van der Waals surface area contributed by atoms with Gasteiger partial charge in [0.1, 0.15) is 6.10 Å². The van der Waals surface area contributed by atoms with Crippen molar-refractivity contribution < 1.29 is 9.53 Å². The zero-order valence-electron chi connectivity index (χ0n) is 10.6. The molecule has 1 amide bonds. The Morgan fingerprint density at radius 3 is 2.94 bits per heavy atom. The number of hydrogen-bond acceptors (Lipinski definition) is 3. The van der Waals surface area contributed by atoms with Crippen molar-refractivity contribution in [3.05, 3.63) is 28.8 Å². The van der Waals surface area contributed by atoms with E-state index in [4.69, 9.17) is 16.3 Å². The average Bonchev–Trinajstić information content (AvgIpc) is 2.29. The van der Waals surface area contributed by atoms with Gasteiger partial charge in [0.2, 0.25) is 0 Å². The van der Waals surface area contributed by atoms with Crippen LogP contribution in [0.2, 0.25) is 5.02 Å². The van der Waals surface area contributed by atoms with Crippen LogP contribution in [0.15, 0.2) is 18.2 Å². The highest BCUT2D eigenvalue weighted by Gasteiger charge is 2.25. The second-order valence-electron chi connectivity index (χ2n) is 4.70. The third kappa shape index (κ3) is 3.15. The maximum Gasteiger partial charge on any atom is 0.412 e. The number of anilines is 1. The molecule has 1 aliphatic heterocycles. The summed E-state index contributed by atoms with van der Waals surface area (Å²) in [4.78, 5) is 13.6. The molecular weight excluding hydrogens is 252 g/mol. The number of carbonyl (C=O) groups is 1. The van der Waals surface area contributed by atoms with Crippen LogP contribution >= 0.6 is 11.6 Å². The van der Waals surface area contributed by atoms with Crippen molar-refractivity contribution in [2.75, 3.05) is 26.0 Å². The fourth-order valence-corrected chi connectivity index (χ4v) is 2.23. The second-order valence-corrected chi connectivity index (χ2v) is 5.13. The summed E-state index contributed by atoms with van der Waals surface area (Å²) in [5, 5.41) is 3.34. The van der Waals surface area contributed by atoms with Crippen molar-refractivity contribution in [3.8, 4) is 0 Å². The molecule has 1 heterocycles. The van der Waals surface area contributed by atoms with Gasteiger partial charge < -0.3 is 9.64 Å². The molecule has 2 rings (SSSR count). The first-order valence-corrected chi connectivity index (χ1v) is 6.36. The lowest BCUT2D eigenvalue weighted by Gasteiger charge is -2.26. The number of hydrogen-bond donors (Lipinski definition) is 1. The van der Waals surface area contributed by atoms with E-state index in [0.717, 1.165) is 30.6 Å². The summed E-state index contributed by atoms with van der Waals surface area (Å²) >= 11 is 5.99. The topological polar surface area (TPSA) is 41.6 Å². The first-order chi connectivity index (χ1) is 8.56. The minimum absolute atomic E-state index is 0.201. The van der Waals surface area contributed by atoms with Crippen LogP contribution in [0, 0.1) is 0 Å². The summed E-state index contributed by atoms with van der Waals surface area (Å²) in [6.45, 7) is 0.970. The van der Waals surface area contributed by atoms with Crippen LogP contribution in [0.5, 0.6) is 0 Å². The highest BCUT2D eigenvalue weighted by molar-refractivity contribution is 6.30. The van der Waals surface area contributed by atoms with Crippen LogP contribution in [0.25, 0.3) is 0 Å². The lowest BCUT2D eigenvalue weighted by molar-refractivity contribution is 0.0980. The Morgan fingerprint density at radius 1 is 1.44 bits per heavy atom. The second kappa shape index (κ2) is 5.59. The standard InChI is InChI=1S/C13H17ClN2O2/c1-16(2)7-3-4-12-10-8-9(14)5-6-11(10)15-13(17)18-12/h5-6,8,12H,3-4,7H2,1-2H3,(H,15,17). The first kappa shape index (κ1) is 13.2. The Morgan fingerprint density at radius 2 is 2.22 bits per heavy atom. The molecule has 1 N–H and O–H groups in total. The van der Waals surface area contributed by atoms with E-state index in [9.17, 15) is 4.79 Å². The number of nitrogens with zero attached hydrogens (tertiary/aromatic N) is 1. The molecule has 0 spiro atoms. The molecule has 1 aromatic rings. The molecule has 0 aromatic heterocycles. The maximum absolute atomic E-state index is 11.4. The molecule has 0 radical (unpaired) electrons. The number of carbonyl (C=O) groups excluding carboxylic acids is 1. The number of halogens is 1. The molecule has 1 aromatic carbocycles. The number of ether oxygens (including phenoxy) is 1. The monoisotopic (exact) mass is 268 g/mol. The van der Waals surface area contributed by atoms with E-state index < -0.39 is 0 Å². The Labute approximate surface area is 112 Å². The number of amides is 1. The Balaban J connectivity index is 2.11. The van der Waals surface area contributed by atoms with Gasteiger partial charge in [-0.1, -0.05) is 11.6 Å². The minimum atomic E-state index is -0.389. The molecule has 5 heteroatoms. The van der Waals surface area contributed by atoms with Crippen molar-refractivity contribution in [2.24, 2.45) is 0 Å². The van der Waals surface area contributed by atoms with E-state index in [0.29, 0.717) is 5.02 Å². The van der Waals surface area contributed by atoms with Crippen LogP contribution in [0.1, 0.15) is 24.5 Å². The highest BCUT2D eigenvalue weighted by Crippen LogP contribution is 2.35. The van der Waals surface area contributed by atoms with Crippen molar-refractivity contribution >= 4 is 23.4 Å². The molecule has 98 valence electrons. The molecule has 0 saturated heterocycles. The van der Waals surface area contributed by atoms with Crippen LogP contribution in [-0.4, -0.2) is 31.6 Å². The largest absolute Gasteiger partial charge is 0.441 e. The number of rotatable bonds is 4. The maximum atomic E-state index is 11.4. The predicted molar refractivity (Wildman–Crippen MR) is 72.1 cm³/mol. The Bertz CT molecular complexity index is 449. The van der Waals surface area contributed by atoms with E-state index >= 15 is 0 Å². The molecule has 0 fully saturated rings. The van der Waals surface area contributed by atoms with Gasteiger partial charge in [0.15, 0.2) is 0 Å². The van der Waals surface area contributed by atoms with E-state index in [1.54, 1.807) is 6.07 Å². The van der Waals surface area contributed by atoms with E-state index in [1.807, 2.05) is 26.2 Å². The molecule has 4 nitrogen and oxygen atoms in total. The van der Waals surface area contributed by atoms with E-state index in [-0.39, 0.29) is 12.2 Å². The fourth-order valence-electron chi connectivity index (χ4n) is 2.05. The van der Waals surface area contributed by atoms with Gasteiger partial charge in [-0.3, -0.25) is 5.32 Å².